The molecule has 20 heavy (non-hydrogen) atoms. The predicted octanol–water partition coefficient (Wildman–Crippen LogP) is 0.880. The van der Waals surface area contributed by atoms with Crippen molar-refractivity contribution < 1.29 is 28.5 Å². The van der Waals surface area contributed by atoms with Gasteiger partial charge in [0.2, 0.25) is 0 Å². The highest BCUT2D eigenvalue weighted by Gasteiger charge is 2.90. The molecule has 1 aliphatic carbocycles. The zero-order valence-corrected chi connectivity index (χ0v) is 12.4. The first-order valence-corrected chi connectivity index (χ1v) is 6.73. The molecule has 2 aliphatic heterocycles. The Hall–Kier alpha value is -0.980. The summed E-state index contributed by atoms with van der Waals surface area (Å²) in [5, 5.41) is 0. The van der Waals surface area contributed by atoms with Crippen molar-refractivity contribution in [1.29, 1.82) is 0 Å². The van der Waals surface area contributed by atoms with Crippen LogP contribution in [0.5, 0.6) is 0 Å². The summed E-state index contributed by atoms with van der Waals surface area (Å²) < 4.78 is 22.1. The maximum atomic E-state index is 12.6. The molecule has 0 bridgehead atoms. The van der Waals surface area contributed by atoms with Gasteiger partial charge in [-0.05, 0) is 20.3 Å². The lowest BCUT2D eigenvalue weighted by Crippen LogP contribution is -2.75. The van der Waals surface area contributed by atoms with Gasteiger partial charge in [0.05, 0.1) is 12.7 Å². The number of hydrogen-bond donors (Lipinski definition) is 0. The van der Waals surface area contributed by atoms with E-state index in [-0.39, 0.29) is 12.4 Å². The summed E-state index contributed by atoms with van der Waals surface area (Å²) in [6.45, 7) is 5.61. The van der Waals surface area contributed by atoms with Crippen LogP contribution in [0.2, 0.25) is 0 Å². The first-order valence-electron chi connectivity index (χ1n) is 6.73. The normalized spacial score (nSPS) is 48.5. The minimum atomic E-state index is -1.55. The number of esters is 1. The van der Waals surface area contributed by atoms with Crippen molar-refractivity contribution >= 4 is 11.8 Å². The van der Waals surface area contributed by atoms with Gasteiger partial charge < -0.3 is 18.9 Å². The van der Waals surface area contributed by atoms with Crippen LogP contribution in [0.15, 0.2) is 0 Å². The smallest absolute Gasteiger partial charge is 0.321 e. The van der Waals surface area contributed by atoms with Crippen LogP contribution in [0.1, 0.15) is 27.2 Å². The molecule has 0 amide bonds. The lowest BCUT2D eigenvalue weighted by atomic mass is 9.39. The van der Waals surface area contributed by atoms with Crippen molar-refractivity contribution in [3.05, 3.63) is 0 Å². The number of hydrogen-bond acceptors (Lipinski definition) is 6. The molecule has 3 rings (SSSR count). The molecule has 3 aliphatic rings. The molecule has 0 radical (unpaired) electrons. The lowest BCUT2D eigenvalue weighted by Gasteiger charge is -2.62. The Morgan fingerprint density at radius 1 is 1.30 bits per heavy atom. The van der Waals surface area contributed by atoms with Gasteiger partial charge in [0, 0.05) is 18.4 Å². The summed E-state index contributed by atoms with van der Waals surface area (Å²) in [6.07, 6.45) is 0.572. The summed E-state index contributed by atoms with van der Waals surface area (Å²) in [5.74, 6) is -2.62. The van der Waals surface area contributed by atoms with E-state index in [1.165, 1.54) is 14.2 Å². The number of carbonyl (C=O) groups excluding carboxylic acids is 2. The highest BCUT2D eigenvalue weighted by molar-refractivity contribution is 5.95. The lowest BCUT2D eigenvalue weighted by molar-refractivity contribution is -0.420. The van der Waals surface area contributed by atoms with E-state index < -0.39 is 34.3 Å². The topological polar surface area (TPSA) is 71.1 Å². The molecule has 3 fully saturated rings. The number of methoxy groups -OCH3 is 2. The van der Waals surface area contributed by atoms with Gasteiger partial charge in [-0.15, -0.1) is 0 Å². The van der Waals surface area contributed by atoms with Crippen molar-refractivity contribution in [1.82, 2.24) is 0 Å². The minimum Gasteiger partial charge on any atom is -0.468 e. The maximum absolute atomic E-state index is 12.6. The maximum Gasteiger partial charge on any atom is 0.321 e. The zero-order chi connectivity index (χ0) is 15.0. The molecule has 4 atom stereocenters. The molecular formula is C14H20O6. The Labute approximate surface area is 117 Å². The summed E-state index contributed by atoms with van der Waals surface area (Å²) in [6, 6.07) is 0. The molecule has 6 heteroatoms. The molecule has 2 heterocycles. The summed E-state index contributed by atoms with van der Waals surface area (Å²) in [7, 11) is 2.74. The van der Waals surface area contributed by atoms with Gasteiger partial charge in [-0.2, -0.15) is 0 Å². The van der Waals surface area contributed by atoms with Gasteiger partial charge in [0.15, 0.2) is 11.2 Å². The Morgan fingerprint density at radius 2 is 1.95 bits per heavy atom. The quantitative estimate of drug-likeness (QED) is 0.701. The van der Waals surface area contributed by atoms with Crippen molar-refractivity contribution in [2.24, 2.45) is 16.7 Å². The monoisotopic (exact) mass is 284 g/mol. The molecule has 0 unspecified atom stereocenters. The van der Waals surface area contributed by atoms with Crippen LogP contribution in [0, 0.1) is 16.7 Å². The van der Waals surface area contributed by atoms with E-state index in [4.69, 9.17) is 18.9 Å². The number of carbonyl (C=O) groups is 2. The van der Waals surface area contributed by atoms with Crippen LogP contribution in [-0.2, 0) is 28.5 Å². The van der Waals surface area contributed by atoms with Crippen LogP contribution in [0.3, 0.4) is 0 Å². The second-order valence-corrected chi connectivity index (χ2v) is 6.52. The van der Waals surface area contributed by atoms with E-state index in [2.05, 4.69) is 0 Å². The van der Waals surface area contributed by atoms with Gasteiger partial charge in [-0.1, -0.05) is 6.92 Å². The fourth-order valence-electron chi connectivity index (χ4n) is 4.46. The van der Waals surface area contributed by atoms with Gasteiger partial charge >= 0.3 is 11.9 Å². The zero-order valence-electron chi connectivity index (χ0n) is 12.4. The van der Waals surface area contributed by atoms with Crippen molar-refractivity contribution in [3.63, 3.8) is 0 Å². The van der Waals surface area contributed by atoms with E-state index >= 15 is 0 Å². The summed E-state index contributed by atoms with van der Waals surface area (Å²) >= 11 is 0. The summed E-state index contributed by atoms with van der Waals surface area (Å²) in [4.78, 5) is 24.8. The highest BCUT2D eigenvalue weighted by Crippen LogP contribution is 2.78. The van der Waals surface area contributed by atoms with Gasteiger partial charge in [0.1, 0.15) is 6.61 Å². The Balaban J connectivity index is 2.26. The van der Waals surface area contributed by atoms with Gasteiger partial charge in [-0.3, -0.25) is 9.59 Å². The van der Waals surface area contributed by atoms with E-state index in [1.54, 1.807) is 0 Å². The Bertz CT molecular complexity index is 500. The van der Waals surface area contributed by atoms with Gasteiger partial charge in [-0.25, -0.2) is 0 Å². The fourth-order valence-corrected chi connectivity index (χ4v) is 4.46. The number of Topliss-reactive ketones (excluding diaryl/α,β-unsaturated/α-hetero) is 1. The van der Waals surface area contributed by atoms with Crippen molar-refractivity contribution in [2.75, 3.05) is 20.8 Å². The van der Waals surface area contributed by atoms with E-state index in [0.29, 0.717) is 6.42 Å². The molecule has 2 saturated heterocycles. The number of ketones is 1. The van der Waals surface area contributed by atoms with Crippen LogP contribution in [-0.4, -0.2) is 44.2 Å². The molecule has 6 nitrogen and oxygen atoms in total. The third-order valence-corrected chi connectivity index (χ3v) is 5.78. The van der Waals surface area contributed by atoms with Crippen LogP contribution < -0.4 is 0 Å². The third kappa shape index (κ3) is 1.07. The predicted molar refractivity (Wildman–Crippen MR) is 66.5 cm³/mol. The van der Waals surface area contributed by atoms with E-state index in [0.717, 1.165) is 0 Å². The molecule has 0 N–H and O–H groups in total. The molecular weight excluding hydrogens is 264 g/mol. The third-order valence-electron chi connectivity index (χ3n) is 5.78. The Kier molecular flexibility index (Phi) is 2.52. The van der Waals surface area contributed by atoms with E-state index in [1.807, 2.05) is 20.8 Å². The second-order valence-electron chi connectivity index (χ2n) is 6.52. The highest BCUT2D eigenvalue weighted by atomic mass is 16.9. The second kappa shape index (κ2) is 3.61. The fraction of sp³-hybridized carbons (Fsp3) is 0.857. The average Bonchev–Trinajstić information content (AvgIpc) is 2.52. The van der Waals surface area contributed by atoms with Crippen LogP contribution >= 0.6 is 0 Å². The molecule has 0 aromatic rings. The first kappa shape index (κ1) is 14.0. The molecule has 0 aromatic heterocycles. The molecule has 112 valence electrons. The van der Waals surface area contributed by atoms with Crippen molar-refractivity contribution in [3.8, 4) is 0 Å². The largest absolute Gasteiger partial charge is 0.468 e. The molecule has 0 aromatic carbocycles. The van der Waals surface area contributed by atoms with E-state index in [9.17, 15) is 9.59 Å². The Morgan fingerprint density at radius 3 is 2.50 bits per heavy atom. The minimum absolute atomic E-state index is 0.0955. The number of ether oxygens (including phenoxy) is 4. The molecule has 0 spiro atoms. The van der Waals surface area contributed by atoms with Crippen LogP contribution in [0.25, 0.3) is 0 Å². The first-order chi connectivity index (χ1) is 9.22. The summed E-state index contributed by atoms with van der Waals surface area (Å²) in [5.41, 5.74) is -2.48. The standard InChI is InChI=1S/C14H20O6/c1-11(2)12(3)6-8-9(15)7-19-14(18-5,20-11)13(8,12)10(16)17-4/h8H,6-7H2,1-5H3/t8-,12+,13-,14+/m0/s1. The average molecular weight is 284 g/mol. The number of rotatable bonds is 2. The SMILES string of the molecule is COC(=O)[C@@]12[C@H]3C[C@]1(C)C(C)(C)O[C@]2(OC)OCC3=O. The molecule has 1 saturated carbocycles. The van der Waals surface area contributed by atoms with Crippen molar-refractivity contribution in [2.45, 2.75) is 38.8 Å². The van der Waals surface area contributed by atoms with Crippen LogP contribution in [0.4, 0.5) is 0 Å². The van der Waals surface area contributed by atoms with Gasteiger partial charge in [0.25, 0.3) is 0 Å².